The first-order valence-electron chi connectivity index (χ1n) is 16.6. The number of methoxy groups -OCH3 is 1. The zero-order chi connectivity index (χ0) is 37.1. The van der Waals surface area contributed by atoms with Gasteiger partial charge in [0.25, 0.3) is 0 Å². The number of ether oxygens (including phenoxy) is 3. The van der Waals surface area contributed by atoms with Crippen molar-refractivity contribution in [2.24, 2.45) is 0 Å². The number of aliphatic hydroxyl groups is 4. The van der Waals surface area contributed by atoms with Gasteiger partial charge >= 0.3 is 0 Å². The molecule has 4 unspecified atom stereocenters. The fourth-order valence-corrected chi connectivity index (χ4v) is 7.74. The highest BCUT2D eigenvalue weighted by molar-refractivity contribution is 6.31. The molecule has 2 aromatic carbocycles. The summed E-state index contributed by atoms with van der Waals surface area (Å²) in [5.74, 6) is -4.84. The van der Waals surface area contributed by atoms with Crippen LogP contribution in [-0.4, -0.2) is 134 Å². The number of amides is 1. The van der Waals surface area contributed by atoms with E-state index >= 15 is 0 Å². The third-order valence-corrected chi connectivity index (χ3v) is 10.4. The number of β-amino-alcohol motifs (C(OH)–C–C–N with tert-alkyl or cyclic N) is 1. The van der Waals surface area contributed by atoms with E-state index in [0.29, 0.717) is 0 Å². The second-order valence-corrected chi connectivity index (χ2v) is 13.5. The molecule has 2 fully saturated rings. The number of carbonyl (C=O) groups is 5. The summed E-state index contributed by atoms with van der Waals surface area (Å²) in [5.41, 5.74) is -4.06. The Labute approximate surface area is 298 Å². The minimum absolute atomic E-state index is 0. The second kappa shape index (κ2) is 14.6. The first-order chi connectivity index (χ1) is 24.1. The van der Waals surface area contributed by atoms with Crippen LogP contribution in [0.1, 0.15) is 89.6 Å². The molecular weight excluding hydrogens is 684 g/mol. The number of benzene rings is 2. The Morgan fingerprint density at radius 3 is 2.40 bits per heavy atom. The van der Waals surface area contributed by atoms with Gasteiger partial charge in [0.05, 0.1) is 60.8 Å². The number of nitrogens with one attached hydrogen (secondary N) is 1. The monoisotopic (exact) mass is 728 g/mol. The van der Waals surface area contributed by atoms with Gasteiger partial charge in [-0.25, -0.2) is 0 Å². The molecule has 4 aliphatic rings. The molecule has 8 atom stereocenters. The van der Waals surface area contributed by atoms with Crippen molar-refractivity contribution >= 4 is 29.0 Å². The van der Waals surface area contributed by atoms with Gasteiger partial charge in [0.2, 0.25) is 11.7 Å². The molecular formula is C36H44N2O14. The summed E-state index contributed by atoms with van der Waals surface area (Å²) in [6.07, 6.45) is -6.83. The zero-order valence-electron chi connectivity index (χ0n) is 28.1. The van der Waals surface area contributed by atoms with Crippen molar-refractivity contribution < 1.29 is 68.8 Å². The van der Waals surface area contributed by atoms with Crippen LogP contribution in [0, 0.1) is 0 Å². The fraction of sp³-hybridized carbons (Fsp3) is 0.528. The maximum atomic E-state index is 13.9. The van der Waals surface area contributed by atoms with Crippen molar-refractivity contribution in [3.05, 3.63) is 51.6 Å². The Kier molecular flexibility index (Phi) is 10.9. The van der Waals surface area contributed by atoms with Crippen LogP contribution in [0.5, 0.6) is 17.2 Å². The maximum Gasteiger partial charge on any atom is 0.220 e. The zero-order valence-corrected chi connectivity index (χ0v) is 28.1. The topological polar surface area (TPSA) is 250 Å². The summed E-state index contributed by atoms with van der Waals surface area (Å²) in [7, 11) is 1.30. The van der Waals surface area contributed by atoms with Gasteiger partial charge in [0.15, 0.2) is 23.6 Å². The second-order valence-electron chi connectivity index (χ2n) is 13.5. The van der Waals surface area contributed by atoms with Crippen molar-refractivity contribution in [3.8, 4) is 17.2 Å². The molecule has 52 heavy (non-hydrogen) atoms. The molecule has 16 heteroatoms. The van der Waals surface area contributed by atoms with Gasteiger partial charge in [-0.05, 0) is 13.0 Å². The molecule has 2 heterocycles. The number of hydrogen-bond acceptors (Lipinski definition) is 15. The van der Waals surface area contributed by atoms with E-state index in [-0.39, 0.29) is 73.1 Å². The Morgan fingerprint density at radius 2 is 1.75 bits per heavy atom. The van der Waals surface area contributed by atoms with Crippen LogP contribution in [0.25, 0.3) is 0 Å². The van der Waals surface area contributed by atoms with E-state index < -0.39 is 108 Å². The van der Waals surface area contributed by atoms with Crippen LogP contribution >= 0.6 is 0 Å². The van der Waals surface area contributed by atoms with Crippen LogP contribution in [-0.2, 0) is 30.3 Å². The van der Waals surface area contributed by atoms with E-state index in [4.69, 9.17) is 14.2 Å². The number of rotatable bonds is 9. The minimum Gasteiger partial charge on any atom is -0.507 e. The van der Waals surface area contributed by atoms with Crippen LogP contribution in [0.3, 0.4) is 0 Å². The van der Waals surface area contributed by atoms with Crippen LogP contribution in [0.2, 0.25) is 0 Å². The number of aliphatic hydroxyl groups excluding tert-OH is 3. The molecule has 0 saturated carbocycles. The molecule has 2 aliphatic carbocycles. The lowest BCUT2D eigenvalue weighted by Crippen LogP contribution is -2.56. The van der Waals surface area contributed by atoms with E-state index in [1.165, 1.54) is 44.1 Å². The lowest BCUT2D eigenvalue weighted by atomic mass is 9.72. The number of nitrogens with zero attached hydrogens (tertiary/aromatic N) is 1. The van der Waals surface area contributed by atoms with Gasteiger partial charge in [-0.2, -0.15) is 0 Å². The maximum absolute atomic E-state index is 13.9. The summed E-state index contributed by atoms with van der Waals surface area (Å²) < 4.78 is 17.4. The molecule has 282 valence electrons. The lowest BCUT2D eigenvalue weighted by Gasteiger charge is -2.43. The summed E-state index contributed by atoms with van der Waals surface area (Å²) in [6, 6.07) is 2.62. The van der Waals surface area contributed by atoms with E-state index in [9.17, 15) is 54.6 Å². The number of aromatic hydroxyl groups is 2. The molecule has 0 bridgehead atoms. The third-order valence-electron chi connectivity index (χ3n) is 10.4. The van der Waals surface area contributed by atoms with E-state index in [1.807, 2.05) is 0 Å². The van der Waals surface area contributed by atoms with Gasteiger partial charge in [0, 0.05) is 61.9 Å². The Morgan fingerprint density at radius 1 is 1.06 bits per heavy atom. The number of hydrogen-bond donors (Lipinski definition) is 7. The minimum atomic E-state index is -2.34. The van der Waals surface area contributed by atoms with Gasteiger partial charge in [-0.3, -0.25) is 24.0 Å². The van der Waals surface area contributed by atoms with Crippen LogP contribution < -0.4 is 10.1 Å². The van der Waals surface area contributed by atoms with E-state index in [0.717, 1.165) is 0 Å². The van der Waals surface area contributed by atoms with Crippen molar-refractivity contribution in [3.63, 3.8) is 0 Å². The van der Waals surface area contributed by atoms with Crippen molar-refractivity contribution in [2.45, 2.75) is 95.3 Å². The average molecular weight is 729 g/mol. The number of likely N-dealkylation sites (tertiary alicyclic amines) is 1. The molecule has 2 aromatic rings. The van der Waals surface area contributed by atoms with Gasteiger partial charge in [-0.1, -0.05) is 19.6 Å². The largest absolute Gasteiger partial charge is 0.507 e. The highest BCUT2D eigenvalue weighted by Gasteiger charge is 2.50. The molecule has 2 saturated heterocycles. The first-order valence-corrected chi connectivity index (χ1v) is 16.6. The average Bonchev–Trinajstić information content (AvgIpc) is 3.50. The molecule has 0 radical (unpaired) electrons. The number of phenols is 2. The molecule has 7 N–H and O–H groups in total. The molecule has 16 nitrogen and oxygen atoms in total. The predicted octanol–water partition coefficient (Wildman–Crippen LogP) is -0.181. The van der Waals surface area contributed by atoms with Crippen molar-refractivity contribution in [1.82, 2.24) is 10.2 Å². The standard InChI is InChI=1S/C35H40N2O14.CH4/c1-14-30(43)19(36-11-21(41)20-7-16(40)12-37(20)15(2)39)8-25(50-14)51-23-10-35(48,24(42)13-38)9-18-27(23)34(47)29-28(32(18)45)31(44)17-5-4-6-22(49-3)26(17)33(29)46;/h4-6,14,16,19-20,23,25,30,36,38,40,43,45,47-48H,7-13H2,1-3H3;1H4/t14?,16-,19?,20+,23+,25?,30?,35+;/m1./s1. The van der Waals surface area contributed by atoms with Crippen LogP contribution in [0.4, 0.5) is 0 Å². The SMILES string of the molecule is C.COc1cccc2c1C(=O)c1c(O)c3c(c(O)c1C2=O)C[C@@](O)(C(=O)CO)C[C@@H]3OC1CC(NCC(=O)[C@@H]2C[C@@H](O)CN2C(C)=O)C(O)C(C)O1. The van der Waals surface area contributed by atoms with Gasteiger partial charge in [0.1, 0.15) is 29.5 Å². The Hall–Kier alpha value is -4.29. The summed E-state index contributed by atoms with van der Waals surface area (Å²) in [4.78, 5) is 66.9. The normalized spacial score (nSPS) is 29.4. The molecule has 2 aliphatic heterocycles. The van der Waals surface area contributed by atoms with Crippen molar-refractivity contribution in [1.29, 1.82) is 0 Å². The third kappa shape index (κ3) is 6.48. The van der Waals surface area contributed by atoms with Crippen LogP contribution in [0.15, 0.2) is 18.2 Å². The quantitative estimate of drug-likeness (QED) is 0.141. The number of phenolic OH excluding ortho intramolecular Hbond substituents is 2. The Bertz CT molecular complexity index is 1810. The fourth-order valence-electron chi connectivity index (χ4n) is 7.74. The van der Waals surface area contributed by atoms with Gasteiger partial charge in [-0.15, -0.1) is 0 Å². The van der Waals surface area contributed by atoms with E-state index in [2.05, 4.69) is 5.32 Å². The number of ketones is 4. The van der Waals surface area contributed by atoms with Crippen molar-refractivity contribution in [2.75, 3.05) is 26.8 Å². The number of Topliss-reactive ketones (excluding diaryl/α,β-unsaturated/α-hetero) is 2. The Balaban J connectivity index is 0.00000523. The summed E-state index contributed by atoms with van der Waals surface area (Å²) in [5, 5.41) is 68.4. The predicted molar refractivity (Wildman–Crippen MR) is 179 cm³/mol. The molecule has 0 spiro atoms. The van der Waals surface area contributed by atoms with Gasteiger partial charge < -0.3 is 55.1 Å². The number of carbonyl (C=O) groups excluding carboxylic acids is 5. The van der Waals surface area contributed by atoms with E-state index in [1.54, 1.807) is 0 Å². The smallest absolute Gasteiger partial charge is 0.220 e. The summed E-state index contributed by atoms with van der Waals surface area (Å²) in [6.45, 7) is 1.51. The number of fused-ring (bicyclic) bond motifs is 3. The highest BCUT2D eigenvalue weighted by Crippen LogP contribution is 2.52. The molecule has 1 amide bonds. The lowest BCUT2D eigenvalue weighted by molar-refractivity contribution is -0.249. The molecule has 0 aromatic heterocycles. The first kappa shape index (κ1) is 38.9. The highest BCUT2D eigenvalue weighted by atomic mass is 16.7. The molecule has 6 rings (SSSR count). The summed E-state index contributed by atoms with van der Waals surface area (Å²) >= 11 is 0.